The molecule has 2 aromatic rings. The summed E-state index contributed by atoms with van der Waals surface area (Å²) in [6.45, 7) is 1.55. The highest BCUT2D eigenvalue weighted by Gasteiger charge is 2.21. The van der Waals surface area contributed by atoms with Gasteiger partial charge in [-0.2, -0.15) is 5.10 Å². The van der Waals surface area contributed by atoms with E-state index in [4.69, 9.17) is 11.6 Å². The molecular weight excluding hydrogens is 266 g/mol. The quantitative estimate of drug-likeness (QED) is 0.774. The van der Waals surface area contributed by atoms with Gasteiger partial charge in [-0.3, -0.25) is 9.89 Å². The molecule has 0 aromatic carbocycles. The molecule has 0 aliphatic carbocycles. The van der Waals surface area contributed by atoms with Gasteiger partial charge < -0.3 is 10.6 Å². The van der Waals surface area contributed by atoms with E-state index in [1.807, 2.05) is 0 Å². The molecule has 7 heteroatoms. The minimum Gasteiger partial charge on any atom is -0.312 e. The van der Waals surface area contributed by atoms with Crippen molar-refractivity contribution in [1.29, 1.82) is 0 Å². The summed E-state index contributed by atoms with van der Waals surface area (Å²) in [6, 6.07) is 3.24. The highest BCUT2D eigenvalue weighted by Crippen LogP contribution is 2.17. The Morgan fingerprint density at radius 2 is 2.37 bits per heavy atom. The number of carbonyl (C=O) groups excluding carboxylic acids is 1. The molecule has 1 aliphatic heterocycles. The largest absolute Gasteiger partial charge is 0.312 e. The van der Waals surface area contributed by atoms with Crippen LogP contribution in [0.4, 0.5) is 5.82 Å². The van der Waals surface area contributed by atoms with E-state index in [1.54, 1.807) is 18.3 Å². The van der Waals surface area contributed by atoms with E-state index in [0.717, 1.165) is 24.2 Å². The maximum absolute atomic E-state index is 12.2. The summed E-state index contributed by atoms with van der Waals surface area (Å²) in [5.74, 6) is 0.133. The van der Waals surface area contributed by atoms with Crippen molar-refractivity contribution in [3.63, 3.8) is 0 Å². The van der Waals surface area contributed by atoms with E-state index in [2.05, 4.69) is 25.8 Å². The normalized spacial score (nSPS) is 13.9. The Hall–Kier alpha value is -1.92. The Labute approximate surface area is 114 Å². The second-order valence-electron chi connectivity index (χ2n) is 4.27. The number of hydrogen-bond acceptors (Lipinski definition) is 4. The lowest BCUT2D eigenvalue weighted by atomic mass is 10.1. The number of carbonyl (C=O) groups is 1. The predicted molar refractivity (Wildman–Crippen MR) is 71.2 cm³/mol. The van der Waals surface area contributed by atoms with E-state index in [-0.39, 0.29) is 5.91 Å². The Kier molecular flexibility index (Phi) is 3.18. The molecule has 1 aliphatic rings. The molecule has 0 saturated carbocycles. The fourth-order valence-electron chi connectivity index (χ4n) is 2.06. The number of aromatic nitrogens is 3. The van der Waals surface area contributed by atoms with Gasteiger partial charge in [0, 0.05) is 42.0 Å². The fourth-order valence-corrected chi connectivity index (χ4v) is 2.22. The Morgan fingerprint density at radius 3 is 3.21 bits per heavy atom. The molecule has 3 heterocycles. The third-order valence-corrected chi connectivity index (χ3v) is 3.22. The lowest BCUT2D eigenvalue weighted by Crippen LogP contribution is -2.25. The third kappa shape index (κ3) is 2.45. The van der Waals surface area contributed by atoms with Crippen LogP contribution in [0.15, 0.2) is 18.3 Å². The van der Waals surface area contributed by atoms with E-state index in [0.29, 0.717) is 23.1 Å². The maximum Gasteiger partial charge on any atom is 0.277 e. The van der Waals surface area contributed by atoms with Gasteiger partial charge in [-0.05, 0) is 12.1 Å². The summed E-state index contributed by atoms with van der Waals surface area (Å²) >= 11 is 5.85. The van der Waals surface area contributed by atoms with E-state index >= 15 is 0 Å². The number of nitrogens with one attached hydrogen (secondary N) is 3. The molecule has 3 N–H and O–H groups in total. The van der Waals surface area contributed by atoms with Crippen molar-refractivity contribution in [2.75, 3.05) is 11.9 Å². The average molecular weight is 278 g/mol. The molecule has 3 rings (SSSR count). The smallest absolute Gasteiger partial charge is 0.277 e. The van der Waals surface area contributed by atoms with Crippen LogP contribution < -0.4 is 10.6 Å². The maximum atomic E-state index is 12.2. The number of amides is 1. The van der Waals surface area contributed by atoms with Crippen molar-refractivity contribution < 1.29 is 4.79 Å². The minimum absolute atomic E-state index is 0.282. The molecule has 1 amide bonds. The van der Waals surface area contributed by atoms with Gasteiger partial charge in [-0.25, -0.2) is 4.98 Å². The summed E-state index contributed by atoms with van der Waals surface area (Å²) in [4.78, 5) is 16.2. The average Bonchev–Trinajstić information content (AvgIpc) is 2.82. The molecule has 6 nitrogen and oxygen atoms in total. The van der Waals surface area contributed by atoms with E-state index < -0.39 is 0 Å². The summed E-state index contributed by atoms with van der Waals surface area (Å²) in [7, 11) is 0. The molecule has 0 atom stereocenters. The topological polar surface area (TPSA) is 82.7 Å². The van der Waals surface area contributed by atoms with Gasteiger partial charge in [-0.1, -0.05) is 11.6 Å². The summed E-state index contributed by atoms with van der Waals surface area (Å²) in [5.41, 5.74) is 2.35. The zero-order chi connectivity index (χ0) is 13.2. The number of halogens is 1. The fraction of sp³-hybridized carbons (Fsp3) is 0.250. The van der Waals surface area contributed by atoms with Crippen LogP contribution in [0.5, 0.6) is 0 Å². The van der Waals surface area contributed by atoms with Crippen LogP contribution in [-0.2, 0) is 13.0 Å². The number of rotatable bonds is 2. The molecule has 19 heavy (non-hydrogen) atoms. The number of aromatic amines is 1. The van der Waals surface area contributed by atoms with Crippen LogP contribution in [0, 0.1) is 0 Å². The van der Waals surface area contributed by atoms with Crippen LogP contribution in [-0.4, -0.2) is 27.6 Å². The molecule has 0 bridgehead atoms. The highest BCUT2D eigenvalue weighted by atomic mass is 35.5. The first kappa shape index (κ1) is 12.1. The van der Waals surface area contributed by atoms with Gasteiger partial charge in [0.1, 0.15) is 5.82 Å². The van der Waals surface area contributed by atoms with Gasteiger partial charge in [0.05, 0.1) is 0 Å². The molecule has 0 spiro atoms. The summed E-state index contributed by atoms with van der Waals surface area (Å²) in [5, 5.41) is 13.4. The lowest BCUT2D eigenvalue weighted by molar-refractivity contribution is 0.102. The first-order valence-electron chi connectivity index (χ1n) is 5.94. The van der Waals surface area contributed by atoms with Gasteiger partial charge in [0.15, 0.2) is 5.69 Å². The molecule has 0 fully saturated rings. The molecule has 0 unspecified atom stereocenters. The van der Waals surface area contributed by atoms with E-state index in [9.17, 15) is 4.79 Å². The number of nitrogens with zero attached hydrogens (tertiary/aromatic N) is 2. The van der Waals surface area contributed by atoms with Gasteiger partial charge in [-0.15, -0.1) is 0 Å². The molecule has 0 saturated heterocycles. The van der Waals surface area contributed by atoms with E-state index in [1.165, 1.54) is 0 Å². The zero-order valence-electron chi connectivity index (χ0n) is 10.0. The van der Waals surface area contributed by atoms with Crippen molar-refractivity contribution in [2.24, 2.45) is 0 Å². The lowest BCUT2D eigenvalue weighted by Gasteiger charge is -2.12. The number of anilines is 1. The van der Waals surface area contributed by atoms with Crippen molar-refractivity contribution in [3.8, 4) is 0 Å². The van der Waals surface area contributed by atoms with Crippen LogP contribution in [0.2, 0.25) is 5.02 Å². The Balaban J connectivity index is 1.83. The first-order valence-corrected chi connectivity index (χ1v) is 6.31. The second kappa shape index (κ2) is 4.99. The molecular formula is C12H12ClN5O. The number of H-pyrrole nitrogens is 1. The number of pyridine rings is 1. The van der Waals surface area contributed by atoms with Crippen molar-refractivity contribution in [3.05, 3.63) is 40.3 Å². The molecule has 98 valence electrons. The predicted octanol–water partition coefficient (Wildman–Crippen LogP) is 1.36. The van der Waals surface area contributed by atoms with Gasteiger partial charge >= 0.3 is 0 Å². The Bertz CT molecular complexity index is 624. The Morgan fingerprint density at radius 1 is 1.47 bits per heavy atom. The van der Waals surface area contributed by atoms with Crippen molar-refractivity contribution in [1.82, 2.24) is 20.5 Å². The number of hydrogen-bond donors (Lipinski definition) is 3. The number of fused-ring (bicyclic) bond motifs is 1. The van der Waals surface area contributed by atoms with Gasteiger partial charge in [0.25, 0.3) is 5.91 Å². The summed E-state index contributed by atoms with van der Waals surface area (Å²) < 4.78 is 0. The first-order chi connectivity index (χ1) is 9.24. The molecule has 2 aromatic heterocycles. The van der Waals surface area contributed by atoms with Crippen LogP contribution in [0.25, 0.3) is 0 Å². The third-order valence-electron chi connectivity index (χ3n) is 2.99. The minimum atomic E-state index is -0.282. The van der Waals surface area contributed by atoms with Crippen LogP contribution >= 0.6 is 11.6 Å². The van der Waals surface area contributed by atoms with Crippen molar-refractivity contribution in [2.45, 2.75) is 13.0 Å². The van der Waals surface area contributed by atoms with Crippen LogP contribution in [0.1, 0.15) is 21.7 Å². The highest BCUT2D eigenvalue weighted by molar-refractivity contribution is 6.30. The standard InChI is InChI=1S/C12H12ClN5O/c13-7-1-4-15-10(5-7)16-12(19)11-8-6-14-3-2-9(8)17-18-11/h1,4-5,14H,2-3,6H2,(H,17,18)(H,15,16,19). The van der Waals surface area contributed by atoms with Gasteiger partial charge in [0.2, 0.25) is 0 Å². The second-order valence-corrected chi connectivity index (χ2v) is 4.71. The van der Waals surface area contributed by atoms with Crippen molar-refractivity contribution >= 4 is 23.3 Å². The van der Waals surface area contributed by atoms with Crippen LogP contribution in [0.3, 0.4) is 0 Å². The zero-order valence-corrected chi connectivity index (χ0v) is 10.8. The summed E-state index contributed by atoms with van der Waals surface area (Å²) in [6.07, 6.45) is 2.39. The monoisotopic (exact) mass is 277 g/mol. The SMILES string of the molecule is O=C(Nc1cc(Cl)ccn1)c1n[nH]c2c1CNCC2. The molecule has 0 radical (unpaired) electrons.